The van der Waals surface area contributed by atoms with Gasteiger partial charge in [-0.05, 0) is 68.1 Å². The Morgan fingerprint density at radius 1 is 1.22 bits per heavy atom. The summed E-state index contributed by atoms with van der Waals surface area (Å²) in [5.41, 5.74) is -0.382. The van der Waals surface area contributed by atoms with E-state index in [9.17, 15) is 15.0 Å². The van der Waals surface area contributed by atoms with Crippen LogP contribution in [-0.4, -0.2) is 47.2 Å². The largest absolute Gasteiger partial charge is 0.462 e. The van der Waals surface area contributed by atoms with Gasteiger partial charge in [-0.1, -0.05) is 13.8 Å². The van der Waals surface area contributed by atoms with E-state index in [1.54, 1.807) is 0 Å². The average molecular weight is 379 g/mol. The lowest BCUT2D eigenvalue weighted by Gasteiger charge is -2.66. The number of aliphatic hydroxyl groups is 2. The molecule has 27 heavy (non-hydrogen) atoms. The number of epoxide rings is 1. The third-order valence-electron chi connectivity index (χ3n) is 9.85. The molecule has 2 bridgehead atoms. The van der Waals surface area contributed by atoms with E-state index in [1.807, 2.05) is 0 Å². The Balaban J connectivity index is 1.53. The lowest BCUT2D eigenvalue weighted by atomic mass is 9.40. The maximum Gasteiger partial charge on any atom is 0.302 e. The minimum atomic E-state index is -0.496. The fraction of sp³-hybridized carbons (Fsp3) is 0.955. The van der Waals surface area contributed by atoms with Gasteiger partial charge in [-0.2, -0.15) is 0 Å². The Labute approximate surface area is 161 Å². The molecule has 5 heteroatoms. The first-order valence-corrected chi connectivity index (χ1v) is 10.8. The van der Waals surface area contributed by atoms with Crippen LogP contribution in [0.3, 0.4) is 0 Å². The third kappa shape index (κ3) is 2.20. The number of hydrogen-bond donors (Lipinski definition) is 2. The van der Waals surface area contributed by atoms with Gasteiger partial charge < -0.3 is 19.7 Å². The van der Waals surface area contributed by atoms with Crippen molar-refractivity contribution < 1.29 is 24.5 Å². The Morgan fingerprint density at radius 2 is 1.96 bits per heavy atom. The number of ether oxygens (including phenoxy) is 2. The fourth-order valence-electron chi connectivity index (χ4n) is 8.55. The van der Waals surface area contributed by atoms with Gasteiger partial charge in [0, 0.05) is 17.8 Å². The molecule has 0 aromatic rings. The zero-order valence-corrected chi connectivity index (χ0v) is 16.9. The van der Waals surface area contributed by atoms with Crippen molar-refractivity contribution in [1.29, 1.82) is 0 Å². The molecule has 2 spiro atoms. The van der Waals surface area contributed by atoms with Gasteiger partial charge in [-0.3, -0.25) is 4.79 Å². The van der Waals surface area contributed by atoms with Crippen LogP contribution in [0.25, 0.3) is 0 Å². The van der Waals surface area contributed by atoms with E-state index in [4.69, 9.17) is 9.47 Å². The van der Waals surface area contributed by atoms with E-state index < -0.39 is 5.41 Å². The molecule has 1 aliphatic heterocycles. The molecular formula is C22H34O5. The summed E-state index contributed by atoms with van der Waals surface area (Å²) in [6.45, 7) is 6.78. The van der Waals surface area contributed by atoms with Crippen molar-refractivity contribution in [1.82, 2.24) is 0 Å². The van der Waals surface area contributed by atoms with Gasteiger partial charge in [-0.25, -0.2) is 0 Å². The molecule has 2 N–H and O–H groups in total. The van der Waals surface area contributed by atoms with Crippen LogP contribution >= 0.6 is 0 Å². The zero-order chi connectivity index (χ0) is 19.2. The second-order valence-electron chi connectivity index (χ2n) is 10.9. The van der Waals surface area contributed by atoms with E-state index in [1.165, 1.54) is 13.3 Å². The van der Waals surface area contributed by atoms with Crippen LogP contribution in [0.2, 0.25) is 0 Å². The van der Waals surface area contributed by atoms with Crippen molar-refractivity contribution in [2.24, 2.45) is 34.0 Å². The number of carbonyl (C=O) groups excluding carboxylic acids is 1. The average Bonchev–Trinajstić information content (AvgIpc) is 3.35. The minimum Gasteiger partial charge on any atom is -0.462 e. The smallest absolute Gasteiger partial charge is 0.302 e. The number of fused-ring (bicyclic) bond motifs is 4. The Bertz CT molecular complexity index is 659. The van der Waals surface area contributed by atoms with Gasteiger partial charge in [0.05, 0.1) is 24.9 Å². The minimum absolute atomic E-state index is 0.00663. The molecule has 1 unspecified atom stereocenters. The van der Waals surface area contributed by atoms with Crippen molar-refractivity contribution in [3.05, 3.63) is 0 Å². The lowest BCUT2D eigenvalue weighted by molar-refractivity contribution is -0.236. The molecule has 5 fully saturated rings. The van der Waals surface area contributed by atoms with Gasteiger partial charge in [0.15, 0.2) is 0 Å². The number of rotatable bonds is 2. The van der Waals surface area contributed by atoms with Crippen LogP contribution in [0.1, 0.15) is 65.7 Å². The van der Waals surface area contributed by atoms with Crippen LogP contribution in [0, 0.1) is 34.0 Å². The Hall–Kier alpha value is -0.650. The lowest BCUT2D eigenvalue weighted by Crippen LogP contribution is -2.65. The van der Waals surface area contributed by atoms with Crippen molar-refractivity contribution in [2.75, 3.05) is 13.2 Å². The van der Waals surface area contributed by atoms with Gasteiger partial charge >= 0.3 is 5.97 Å². The monoisotopic (exact) mass is 378 g/mol. The molecule has 4 saturated carbocycles. The van der Waals surface area contributed by atoms with E-state index in [0.29, 0.717) is 18.3 Å². The van der Waals surface area contributed by atoms with Crippen LogP contribution < -0.4 is 0 Å². The van der Waals surface area contributed by atoms with Crippen molar-refractivity contribution >= 4 is 5.97 Å². The highest BCUT2D eigenvalue weighted by Crippen LogP contribution is 2.75. The number of esters is 1. The van der Waals surface area contributed by atoms with E-state index in [-0.39, 0.29) is 47.1 Å². The molecule has 0 aromatic heterocycles. The number of aliphatic hydroxyl groups excluding tert-OH is 2. The van der Waals surface area contributed by atoms with E-state index >= 15 is 0 Å². The highest BCUT2D eigenvalue weighted by atomic mass is 16.6. The topological polar surface area (TPSA) is 79.3 Å². The predicted octanol–water partition coefficient (Wildman–Crippen LogP) is 2.67. The van der Waals surface area contributed by atoms with Gasteiger partial charge in [0.25, 0.3) is 0 Å². The van der Waals surface area contributed by atoms with Gasteiger partial charge in [0.2, 0.25) is 0 Å². The zero-order valence-electron chi connectivity index (χ0n) is 16.9. The normalized spacial score (nSPS) is 58.5. The molecule has 0 radical (unpaired) electrons. The molecule has 0 amide bonds. The summed E-state index contributed by atoms with van der Waals surface area (Å²) in [4.78, 5) is 11.7. The summed E-state index contributed by atoms with van der Waals surface area (Å²) in [7, 11) is 0. The van der Waals surface area contributed by atoms with Crippen molar-refractivity contribution in [3.63, 3.8) is 0 Å². The summed E-state index contributed by atoms with van der Waals surface area (Å²) in [5.74, 6) is 0.958. The third-order valence-corrected chi connectivity index (χ3v) is 9.85. The maximum atomic E-state index is 11.7. The molecule has 5 aliphatic rings. The Morgan fingerprint density at radius 3 is 2.59 bits per heavy atom. The number of hydrogen-bond acceptors (Lipinski definition) is 5. The highest BCUT2D eigenvalue weighted by Gasteiger charge is 2.74. The standard InChI is InChI=1S/C22H34O5/c1-13(24)27-18-6-7-19(2)15-5-4-14-9-21(15,10-22(14)12-26-22)17(25)8-16(19)20(18,3)11-23/h14-18,23,25H,4-12H2,1-3H3/t14-,15-,16?,17-,18+,19-,20+,21+,22-/m0/s1. The van der Waals surface area contributed by atoms with Gasteiger partial charge in [-0.15, -0.1) is 0 Å². The first-order valence-electron chi connectivity index (χ1n) is 10.8. The van der Waals surface area contributed by atoms with Crippen LogP contribution in [0.15, 0.2) is 0 Å². The predicted molar refractivity (Wildman–Crippen MR) is 98.8 cm³/mol. The summed E-state index contributed by atoms with van der Waals surface area (Å²) in [6.07, 6.45) is 6.35. The molecule has 5 rings (SSSR count). The second kappa shape index (κ2) is 5.48. The summed E-state index contributed by atoms with van der Waals surface area (Å²) in [6, 6.07) is 0. The highest BCUT2D eigenvalue weighted by molar-refractivity contribution is 5.66. The summed E-state index contributed by atoms with van der Waals surface area (Å²) >= 11 is 0. The maximum absolute atomic E-state index is 11.7. The first-order chi connectivity index (χ1) is 12.7. The molecule has 5 nitrogen and oxygen atoms in total. The Kier molecular flexibility index (Phi) is 3.73. The molecule has 4 aliphatic carbocycles. The molecule has 1 heterocycles. The summed E-state index contributed by atoms with van der Waals surface area (Å²) in [5, 5.41) is 21.8. The van der Waals surface area contributed by atoms with Crippen LogP contribution in [0.5, 0.6) is 0 Å². The summed E-state index contributed by atoms with van der Waals surface area (Å²) < 4.78 is 11.6. The molecule has 152 valence electrons. The number of carbonyl (C=O) groups is 1. The van der Waals surface area contributed by atoms with Crippen LogP contribution in [-0.2, 0) is 14.3 Å². The van der Waals surface area contributed by atoms with E-state index in [2.05, 4.69) is 13.8 Å². The van der Waals surface area contributed by atoms with Crippen molar-refractivity contribution in [2.45, 2.75) is 83.5 Å². The molecule has 1 saturated heterocycles. The van der Waals surface area contributed by atoms with Crippen molar-refractivity contribution in [3.8, 4) is 0 Å². The first kappa shape index (κ1) is 18.4. The van der Waals surface area contributed by atoms with Crippen LogP contribution in [0.4, 0.5) is 0 Å². The SMILES string of the molecule is CC(=O)O[C@@H]1CC[C@]2(C)C(C[C@H](O)[C@@]34C[C@H](CC[C@H]32)[C@@]2(CO2)C4)[C@@]1(C)CO. The quantitative estimate of drug-likeness (QED) is 0.570. The van der Waals surface area contributed by atoms with E-state index in [0.717, 1.165) is 38.7 Å². The fourth-order valence-corrected chi connectivity index (χ4v) is 8.55. The molecule has 9 atom stereocenters. The second-order valence-corrected chi connectivity index (χ2v) is 10.9. The van der Waals surface area contributed by atoms with Gasteiger partial charge in [0.1, 0.15) is 6.10 Å². The molecule has 0 aromatic carbocycles. The molecular weight excluding hydrogens is 344 g/mol.